The number of hydrogen-bond donors (Lipinski definition) is 1. The van der Waals surface area contributed by atoms with Crippen molar-refractivity contribution in [3.63, 3.8) is 0 Å². The van der Waals surface area contributed by atoms with Gasteiger partial charge in [0.1, 0.15) is 0 Å². The molecule has 0 aliphatic heterocycles. The molecule has 0 aliphatic carbocycles. The molecule has 138 valence electrons. The van der Waals surface area contributed by atoms with Crippen LogP contribution in [0.15, 0.2) is 30.3 Å². The summed E-state index contributed by atoms with van der Waals surface area (Å²) in [7, 11) is 2.54. The first kappa shape index (κ1) is 19.1. The van der Waals surface area contributed by atoms with E-state index in [0.29, 0.717) is 6.07 Å². The maximum absolute atomic E-state index is 13.7. The zero-order valence-electron chi connectivity index (χ0n) is 13.8. The van der Waals surface area contributed by atoms with Crippen LogP contribution in [0.4, 0.5) is 18.9 Å². The van der Waals surface area contributed by atoms with Crippen molar-refractivity contribution < 1.29 is 37.0 Å². The van der Waals surface area contributed by atoms with Gasteiger partial charge in [-0.05, 0) is 30.3 Å². The molecule has 1 N–H and O–H groups in total. The molecule has 0 unspecified atom stereocenters. The molecule has 9 heteroatoms. The molecule has 2 rings (SSSR count). The number of hydrogen-bond acceptors (Lipinski definition) is 5. The Labute approximate surface area is 146 Å². The third-order valence-electron chi connectivity index (χ3n) is 3.28. The van der Waals surface area contributed by atoms with Crippen molar-refractivity contribution in [2.24, 2.45) is 0 Å². The van der Waals surface area contributed by atoms with Crippen LogP contribution in [0.3, 0.4) is 0 Å². The number of nitrogens with one attached hydrogen (secondary N) is 1. The summed E-state index contributed by atoms with van der Waals surface area (Å²) in [6.07, 6.45) is 0. The van der Waals surface area contributed by atoms with Crippen LogP contribution in [0.25, 0.3) is 0 Å². The molecular weight excluding hydrogens is 355 g/mol. The Morgan fingerprint density at radius 3 is 2.38 bits per heavy atom. The number of halogens is 3. The van der Waals surface area contributed by atoms with Crippen LogP contribution in [0.1, 0.15) is 10.4 Å². The molecule has 0 heterocycles. The second kappa shape index (κ2) is 8.24. The number of carbonyl (C=O) groups excluding carboxylic acids is 2. The highest BCUT2D eigenvalue weighted by molar-refractivity contribution is 6.04. The summed E-state index contributed by atoms with van der Waals surface area (Å²) in [4.78, 5) is 23.4. The van der Waals surface area contributed by atoms with Gasteiger partial charge in [0.25, 0.3) is 5.91 Å². The van der Waals surface area contributed by atoms with E-state index in [1.165, 1.54) is 32.4 Å². The Morgan fingerprint density at radius 1 is 1.00 bits per heavy atom. The number of ether oxygens (including phenoxy) is 3. The fourth-order valence-electron chi connectivity index (χ4n) is 1.94. The zero-order valence-corrected chi connectivity index (χ0v) is 13.8. The molecule has 2 aromatic rings. The maximum Gasteiger partial charge on any atom is 0.343 e. The summed E-state index contributed by atoms with van der Waals surface area (Å²) in [6.45, 7) is -0.421. The van der Waals surface area contributed by atoms with E-state index in [1.807, 2.05) is 0 Å². The van der Waals surface area contributed by atoms with Gasteiger partial charge in [0.15, 0.2) is 35.6 Å². The monoisotopic (exact) mass is 369 g/mol. The van der Waals surface area contributed by atoms with Gasteiger partial charge in [0.2, 0.25) is 0 Å². The average Bonchev–Trinajstić information content (AvgIpc) is 2.66. The lowest BCUT2D eigenvalue weighted by Gasteiger charge is -2.12. The van der Waals surface area contributed by atoms with Crippen molar-refractivity contribution in [2.45, 2.75) is 0 Å². The van der Waals surface area contributed by atoms with Crippen LogP contribution < -0.4 is 14.8 Å². The molecule has 0 aliphatic rings. The molecule has 0 spiro atoms. The average molecular weight is 369 g/mol. The summed E-state index contributed by atoms with van der Waals surface area (Å²) in [5, 5.41) is 2.13. The molecule has 0 atom stereocenters. The highest BCUT2D eigenvalue weighted by atomic mass is 19.2. The van der Waals surface area contributed by atoms with Gasteiger partial charge in [0.05, 0.1) is 19.9 Å². The lowest BCUT2D eigenvalue weighted by molar-refractivity contribution is -0.142. The summed E-state index contributed by atoms with van der Waals surface area (Å²) in [5.41, 5.74) is -0.517. The Kier molecular flexibility index (Phi) is 6.05. The normalized spacial score (nSPS) is 10.2. The smallest absolute Gasteiger partial charge is 0.343 e. The summed E-state index contributed by atoms with van der Waals surface area (Å²) < 4.78 is 54.5. The fourth-order valence-corrected chi connectivity index (χ4v) is 1.94. The number of carbonyl (C=O) groups is 2. The van der Waals surface area contributed by atoms with Crippen LogP contribution in [-0.2, 0) is 9.53 Å². The summed E-state index contributed by atoms with van der Waals surface area (Å²) in [6, 6.07) is 5.56. The second-order valence-electron chi connectivity index (χ2n) is 4.91. The Morgan fingerprint density at radius 2 is 1.73 bits per heavy atom. The highest BCUT2D eigenvalue weighted by Gasteiger charge is 2.17. The van der Waals surface area contributed by atoms with Crippen LogP contribution in [0.2, 0.25) is 0 Å². The third-order valence-corrected chi connectivity index (χ3v) is 3.28. The number of rotatable bonds is 6. The first-order chi connectivity index (χ1) is 12.4. The summed E-state index contributed by atoms with van der Waals surface area (Å²) in [5.74, 6) is -5.73. The SMILES string of the molecule is COC(=O)COc1cc(C(=O)Nc2ccc(F)c(F)c2F)ccc1OC. The van der Waals surface area contributed by atoms with Crippen molar-refractivity contribution in [1.29, 1.82) is 0 Å². The molecule has 0 saturated heterocycles. The first-order valence-corrected chi connectivity index (χ1v) is 7.20. The molecule has 0 bridgehead atoms. The lowest BCUT2D eigenvalue weighted by atomic mass is 10.1. The van der Waals surface area contributed by atoms with Crippen LogP contribution in [-0.4, -0.2) is 32.7 Å². The zero-order chi connectivity index (χ0) is 19.3. The van der Waals surface area contributed by atoms with Gasteiger partial charge in [-0.1, -0.05) is 0 Å². The maximum atomic E-state index is 13.7. The molecule has 2 aromatic carbocycles. The van der Waals surface area contributed by atoms with Gasteiger partial charge in [0, 0.05) is 5.56 Å². The minimum atomic E-state index is -1.69. The lowest BCUT2D eigenvalue weighted by Crippen LogP contribution is -2.15. The van der Waals surface area contributed by atoms with E-state index in [9.17, 15) is 22.8 Å². The van der Waals surface area contributed by atoms with Crippen LogP contribution in [0, 0.1) is 17.5 Å². The van der Waals surface area contributed by atoms with E-state index in [2.05, 4.69) is 10.1 Å². The van der Waals surface area contributed by atoms with Gasteiger partial charge in [-0.15, -0.1) is 0 Å². The van der Waals surface area contributed by atoms with Crippen molar-refractivity contribution in [3.05, 3.63) is 53.3 Å². The van der Waals surface area contributed by atoms with Crippen LogP contribution >= 0.6 is 0 Å². The van der Waals surface area contributed by atoms with Gasteiger partial charge < -0.3 is 19.5 Å². The standard InChI is InChI=1S/C17H14F3NO5/c1-24-12-6-3-9(7-13(12)26-8-14(22)25-2)17(23)21-11-5-4-10(18)15(19)16(11)20/h3-7H,8H2,1-2H3,(H,21,23). The molecule has 0 saturated carbocycles. The van der Waals surface area contributed by atoms with E-state index in [1.54, 1.807) is 0 Å². The van der Waals surface area contributed by atoms with E-state index < -0.39 is 41.6 Å². The van der Waals surface area contributed by atoms with Crippen LogP contribution in [0.5, 0.6) is 11.5 Å². The third kappa shape index (κ3) is 4.24. The van der Waals surface area contributed by atoms with Gasteiger partial charge in [-0.3, -0.25) is 4.79 Å². The van der Waals surface area contributed by atoms with E-state index in [-0.39, 0.29) is 17.1 Å². The van der Waals surface area contributed by atoms with Crippen molar-refractivity contribution in [1.82, 2.24) is 0 Å². The molecule has 6 nitrogen and oxygen atoms in total. The van der Waals surface area contributed by atoms with Gasteiger partial charge in [-0.25, -0.2) is 18.0 Å². The Bertz CT molecular complexity index is 841. The molecule has 1 amide bonds. The molecule has 0 fully saturated rings. The number of anilines is 1. The Balaban J connectivity index is 2.23. The molecule has 0 aromatic heterocycles. The van der Waals surface area contributed by atoms with E-state index in [4.69, 9.17) is 9.47 Å². The van der Waals surface area contributed by atoms with Crippen molar-refractivity contribution in [2.75, 3.05) is 26.1 Å². The minimum Gasteiger partial charge on any atom is -0.493 e. The van der Waals surface area contributed by atoms with Crippen molar-refractivity contribution in [3.8, 4) is 11.5 Å². The Hall–Kier alpha value is -3.23. The van der Waals surface area contributed by atoms with Crippen molar-refractivity contribution >= 4 is 17.6 Å². The largest absolute Gasteiger partial charge is 0.493 e. The fraction of sp³-hybridized carbons (Fsp3) is 0.176. The van der Waals surface area contributed by atoms with Gasteiger partial charge in [-0.2, -0.15) is 0 Å². The predicted molar refractivity (Wildman–Crippen MR) is 84.8 cm³/mol. The summed E-state index contributed by atoms with van der Waals surface area (Å²) >= 11 is 0. The first-order valence-electron chi connectivity index (χ1n) is 7.20. The number of methoxy groups -OCH3 is 2. The van der Waals surface area contributed by atoms with E-state index >= 15 is 0 Å². The van der Waals surface area contributed by atoms with E-state index in [0.717, 1.165) is 6.07 Å². The molecular formula is C17H14F3NO5. The topological polar surface area (TPSA) is 73.9 Å². The molecule has 0 radical (unpaired) electrons. The van der Waals surface area contributed by atoms with Gasteiger partial charge >= 0.3 is 5.97 Å². The molecule has 26 heavy (non-hydrogen) atoms. The highest BCUT2D eigenvalue weighted by Crippen LogP contribution is 2.29. The quantitative estimate of drug-likeness (QED) is 0.626. The number of benzene rings is 2. The second-order valence-corrected chi connectivity index (χ2v) is 4.91. The minimum absolute atomic E-state index is 0.00907. The number of esters is 1. The number of amides is 1. The predicted octanol–water partition coefficient (Wildman–Crippen LogP) is 2.92.